The maximum atomic E-state index is 5.93. The lowest BCUT2D eigenvalue weighted by atomic mass is 9.98. The van der Waals surface area contributed by atoms with Gasteiger partial charge in [0.05, 0.1) is 6.61 Å². The number of unbranched alkanes of at least 4 members (excludes halogenated alkanes) is 7. The van der Waals surface area contributed by atoms with Crippen LogP contribution in [0.1, 0.15) is 97.0 Å². The zero-order chi connectivity index (χ0) is 25.4. The first kappa shape index (κ1) is 28.0. The van der Waals surface area contributed by atoms with Crippen molar-refractivity contribution in [2.75, 3.05) is 6.61 Å². The van der Waals surface area contributed by atoms with Crippen molar-refractivity contribution >= 4 is 0 Å². The average Bonchev–Trinajstić information content (AvgIpc) is 2.93. The van der Waals surface area contributed by atoms with E-state index in [1.54, 1.807) is 0 Å². The van der Waals surface area contributed by atoms with Crippen LogP contribution in [0.25, 0.3) is 22.3 Å². The monoisotopic (exact) mass is 484 g/mol. The molecule has 1 nitrogen and oxygen atoms in total. The van der Waals surface area contributed by atoms with E-state index >= 15 is 0 Å². The van der Waals surface area contributed by atoms with E-state index in [1.165, 1.54) is 98.4 Å². The number of ether oxygens (including phenoxy) is 1. The standard InChI is InChI=1S/C35H48O/c1-4-6-7-8-9-10-11-12-15-30-16-18-31(19-17-30)32-20-22-33(23-21-32)34-24-26-35(27-25-34)36-28-13-14-29(3)5-2/h16-27,29H,4-15,28H2,1-3H3/t29-/m0/s1. The Bertz CT molecular complexity index is 953. The molecule has 0 N–H and O–H groups in total. The molecule has 3 aromatic rings. The van der Waals surface area contributed by atoms with Crippen molar-refractivity contribution in [2.45, 2.75) is 97.8 Å². The minimum absolute atomic E-state index is 0.789. The van der Waals surface area contributed by atoms with E-state index in [0.717, 1.165) is 24.7 Å². The second-order valence-electron chi connectivity index (χ2n) is 10.5. The van der Waals surface area contributed by atoms with Crippen LogP contribution in [0.5, 0.6) is 5.75 Å². The normalized spacial score (nSPS) is 12.0. The first-order valence-electron chi connectivity index (χ1n) is 14.6. The molecule has 0 aromatic heterocycles. The van der Waals surface area contributed by atoms with Crippen LogP contribution in [0.15, 0.2) is 72.8 Å². The maximum Gasteiger partial charge on any atom is 0.119 e. The van der Waals surface area contributed by atoms with Gasteiger partial charge in [0, 0.05) is 0 Å². The summed E-state index contributed by atoms with van der Waals surface area (Å²) in [7, 11) is 0. The van der Waals surface area contributed by atoms with Crippen molar-refractivity contribution in [3.8, 4) is 28.0 Å². The van der Waals surface area contributed by atoms with Crippen LogP contribution in [-0.2, 0) is 6.42 Å². The second kappa shape index (κ2) is 16.3. The van der Waals surface area contributed by atoms with Gasteiger partial charge in [-0.25, -0.2) is 0 Å². The highest BCUT2D eigenvalue weighted by atomic mass is 16.5. The fraction of sp³-hybridized carbons (Fsp3) is 0.486. The average molecular weight is 485 g/mol. The molecule has 0 aliphatic rings. The van der Waals surface area contributed by atoms with Gasteiger partial charge < -0.3 is 4.74 Å². The van der Waals surface area contributed by atoms with Gasteiger partial charge in [0.1, 0.15) is 5.75 Å². The van der Waals surface area contributed by atoms with Crippen LogP contribution in [-0.4, -0.2) is 6.61 Å². The molecule has 0 bridgehead atoms. The molecule has 0 saturated carbocycles. The summed E-state index contributed by atoms with van der Waals surface area (Å²) in [5, 5.41) is 0. The number of aryl methyl sites for hydroxylation is 1. The van der Waals surface area contributed by atoms with Crippen LogP contribution in [0.4, 0.5) is 0 Å². The van der Waals surface area contributed by atoms with E-state index in [0.29, 0.717) is 0 Å². The molecule has 3 aromatic carbocycles. The van der Waals surface area contributed by atoms with Crippen LogP contribution in [0.3, 0.4) is 0 Å². The summed E-state index contributed by atoms with van der Waals surface area (Å²) in [4.78, 5) is 0. The molecule has 0 aliphatic carbocycles. The Kier molecular flexibility index (Phi) is 12.7. The molecule has 36 heavy (non-hydrogen) atoms. The van der Waals surface area contributed by atoms with Gasteiger partial charge in [0.15, 0.2) is 0 Å². The predicted molar refractivity (Wildman–Crippen MR) is 158 cm³/mol. The van der Waals surface area contributed by atoms with Crippen molar-refractivity contribution in [3.05, 3.63) is 78.4 Å². The lowest BCUT2D eigenvalue weighted by molar-refractivity contribution is 0.294. The second-order valence-corrected chi connectivity index (χ2v) is 10.5. The molecule has 0 amide bonds. The van der Waals surface area contributed by atoms with E-state index in [-0.39, 0.29) is 0 Å². The first-order chi connectivity index (χ1) is 17.7. The van der Waals surface area contributed by atoms with Gasteiger partial charge >= 0.3 is 0 Å². The van der Waals surface area contributed by atoms with Crippen molar-refractivity contribution in [1.29, 1.82) is 0 Å². The molecule has 0 saturated heterocycles. The third-order valence-corrected chi connectivity index (χ3v) is 7.49. The Morgan fingerprint density at radius 2 is 1.03 bits per heavy atom. The summed E-state index contributed by atoms with van der Waals surface area (Å²) in [5.41, 5.74) is 6.51. The quantitative estimate of drug-likeness (QED) is 0.173. The van der Waals surface area contributed by atoms with Gasteiger partial charge in [-0.2, -0.15) is 0 Å². The number of hydrogen-bond acceptors (Lipinski definition) is 1. The number of hydrogen-bond donors (Lipinski definition) is 0. The molecule has 1 atom stereocenters. The molecule has 0 fully saturated rings. The smallest absolute Gasteiger partial charge is 0.119 e. The van der Waals surface area contributed by atoms with E-state index in [2.05, 4.69) is 93.6 Å². The summed E-state index contributed by atoms with van der Waals surface area (Å²) >= 11 is 0. The van der Waals surface area contributed by atoms with Gasteiger partial charge in [-0.05, 0) is 71.6 Å². The fourth-order valence-electron chi connectivity index (χ4n) is 4.75. The zero-order valence-corrected chi connectivity index (χ0v) is 23.1. The Morgan fingerprint density at radius 3 is 1.56 bits per heavy atom. The summed E-state index contributed by atoms with van der Waals surface area (Å²) in [5.74, 6) is 1.75. The van der Waals surface area contributed by atoms with Gasteiger partial charge in [-0.15, -0.1) is 0 Å². The highest BCUT2D eigenvalue weighted by Crippen LogP contribution is 2.27. The number of rotatable bonds is 17. The Hall–Kier alpha value is -2.54. The molecule has 1 heteroatoms. The molecule has 0 aliphatic heterocycles. The zero-order valence-electron chi connectivity index (χ0n) is 23.1. The molecule has 194 valence electrons. The molecule has 3 rings (SSSR count). The van der Waals surface area contributed by atoms with Crippen LogP contribution >= 0.6 is 0 Å². The summed E-state index contributed by atoms with van der Waals surface area (Å²) in [6, 6.07) is 26.6. The molecular weight excluding hydrogens is 436 g/mol. The molecular formula is C35H48O. The summed E-state index contributed by atoms with van der Waals surface area (Å²) in [6.07, 6.45) is 15.8. The van der Waals surface area contributed by atoms with Crippen molar-refractivity contribution in [3.63, 3.8) is 0 Å². The van der Waals surface area contributed by atoms with Gasteiger partial charge in [-0.3, -0.25) is 0 Å². The lowest BCUT2D eigenvalue weighted by Gasteiger charge is -2.10. The summed E-state index contributed by atoms with van der Waals surface area (Å²) in [6.45, 7) is 7.66. The molecule has 0 spiro atoms. The van der Waals surface area contributed by atoms with E-state index in [4.69, 9.17) is 4.74 Å². The highest BCUT2D eigenvalue weighted by molar-refractivity contribution is 5.70. The third-order valence-electron chi connectivity index (χ3n) is 7.49. The summed E-state index contributed by atoms with van der Waals surface area (Å²) < 4.78 is 5.93. The van der Waals surface area contributed by atoms with Gasteiger partial charge in [0.25, 0.3) is 0 Å². The first-order valence-corrected chi connectivity index (χ1v) is 14.6. The van der Waals surface area contributed by atoms with Crippen molar-refractivity contribution in [1.82, 2.24) is 0 Å². The van der Waals surface area contributed by atoms with Gasteiger partial charge in [0.2, 0.25) is 0 Å². The van der Waals surface area contributed by atoms with Crippen LogP contribution in [0.2, 0.25) is 0 Å². The number of benzene rings is 3. The molecule has 0 radical (unpaired) electrons. The minimum atomic E-state index is 0.789. The van der Waals surface area contributed by atoms with Crippen LogP contribution in [0, 0.1) is 5.92 Å². The molecule has 0 unspecified atom stereocenters. The van der Waals surface area contributed by atoms with Crippen molar-refractivity contribution in [2.24, 2.45) is 5.92 Å². The van der Waals surface area contributed by atoms with E-state index < -0.39 is 0 Å². The fourth-order valence-corrected chi connectivity index (χ4v) is 4.75. The Morgan fingerprint density at radius 1 is 0.556 bits per heavy atom. The van der Waals surface area contributed by atoms with Crippen LogP contribution < -0.4 is 4.74 Å². The topological polar surface area (TPSA) is 9.23 Å². The third kappa shape index (κ3) is 9.84. The van der Waals surface area contributed by atoms with E-state index in [1.807, 2.05) is 0 Å². The highest BCUT2D eigenvalue weighted by Gasteiger charge is 2.03. The van der Waals surface area contributed by atoms with Crippen molar-refractivity contribution < 1.29 is 4.74 Å². The lowest BCUT2D eigenvalue weighted by Crippen LogP contribution is -2.00. The van der Waals surface area contributed by atoms with E-state index in [9.17, 15) is 0 Å². The SMILES string of the molecule is CCCCCCCCCCc1ccc(-c2ccc(-c3ccc(OCCC[C@@H](C)CC)cc3)cc2)cc1. The minimum Gasteiger partial charge on any atom is -0.494 e. The Balaban J connectivity index is 1.42. The predicted octanol–water partition coefficient (Wildman–Crippen LogP) is 10.9. The Labute approximate surface area is 221 Å². The van der Waals surface area contributed by atoms with Gasteiger partial charge in [-0.1, -0.05) is 133 Å². The molecule has 0 heterocycles. The maximum absolute atomic E-state index is 5.93. The largest absolute Gasteiger partial charge is 0.494 e.